The Morgan fingerprint density at radius 1 is 1.35 bits per heavy atom. The Labute approximate surface area is 107 Å². The van der Waals surface area contributed by atoms with Crippen LogP contribution in [0.4, 0.5) is 0 Å². The van der Waals surface area contributed by atoms with Crippen molar-refractivity contribution in [3.05, 3.63) is 34.9 Å². The van der Waals surface area contributed by atoms with E-state index in [-0.39, 0.29) is 6.04 Å². The smallest absolute Gasteiger partial charge is 0.209 e. The molecular weight excluding hydrogens is 258 g/mol. The fourth-order valence-electron chi connectivity index (χ4n) is 2.12. The zero-order valence-electron chi connectivity index (χ0n) is 9.85. The van der Waals surface area contributed by atoms with Crippen molar-refractivity contribution >= 4 is 21.6 Å². The van der Waals surface area contributed by atoms with Crippen LogP contribution < -0.4 is 4.72 Å². The molecule has 3 nitrogen and oxygen atoms in total. The Morgan fingerprint density at radius 2 is 1.88 bits per heavy atom. The normalized spacial score (nSPS) is 25.6. The second-order valence-electron chi connectivity index (χ2n) is 4.80. The second kappa shape index (κ2) is 4.59. The number of benzene rings is 1. The largest absolute Gasteiger partial charge is 0.213 e. The van der Waals surface area contributed by atoms with E-state index in [0.717, 1.165) is 12.0 Å². The summed E-state index contributed by atoms with van der Waals surface area (Å²) in [7, 11) is -3.19. The molecule has 0 heterocycles. The van der Waals surface area contributed by atoms with E-state index in [1.54, 1.807) is 12.1 Å². The van der Waals surface area contributed by atoms with Crippen LogP contribution in [0.15, 0.2) is 24.3 Å². The van der Waals surface area contributed by atoms with E-state index >= 15 is 0 Å². The Kier molecular flexibility index (Phi) is 3.48. The van der Waals surface area contributed by atoms with Gasteiger partial charge in [-0.05, 0) is 36.0 Å². The van der Waals surface area contributed by atoms with E-state index in [2.05, 4.69) is 11.6 Å². The number of hydrogen-bond donors (Lipinski definition) is 1. The maximum absolute atomic E-state index is 11.4. The molecule has 94 valence electrons. The van der Waals surface area contributed by atoms with Gasteiger partial charge in [-0.25, -0.2) is 13.1 Å². The molecule has 0 aliphatic heterocycles. The van der Waals surface area contributed by atoms with Crippen LogP contribution in [0.2, 0.25) is 5.02 Å². The molecule has 0 spiro atoms. The van der Waals surface area contributed by atoms with Gasteiger partial charge in [0.05, 0.1) is 6.26 Å². The first kappa shape index (κ1) is 12.9. The highest BCUT2D eigenvalue weighted by Crippen LogP contribution is 2.47. The minimum absolute atomic E-state index is 0.128. The lowest BCUT2D eigenvalue weighted by atomic mass is 10.0. The number of hydrogen-bond acceptors (Lipinski definition) is 2. The van der Waals surface area contributed by atoms with Gasteiger partial charge in [0.25, 0.3) is 0 Å². The van der Waals surface area contributed by atoms with E-state index in [4.69, 9.17) is 11.6 Å². The molecule has 5 heteroatoms. The van der Waals surface area contributed by atoms with Crippen molar-refractivity contribution in [2.75, 3.05) is 6.26 Å². The van der Waals surface area contributed by atoms with Crippen LogP contribution in [0.3, 0.4) is 0 Å². The van der Waals surface area contributed by atoms with Crippen molar-refractivity contribution in [3.63, 3.8) is 0 Å². The van der Waals surface area contributed by atoms with Gasteiger partial charge in [0.1, 0.15) is 0 Å². The van der Waals surface area contributed by atoms with E-state index in [1.165, 1.54) is 6.26 Å². The molecule has 0 radical (unpaired) electrons. The summed E-state index contributed by atoms with van der Waals surface area (Å²) in [6, 6.07) is 7.23. The van der Waals surface area contributed by atoms with Crippen molar-refractivity contribution < 1.29 is 8.42 Å². The maximum atomic E-state index is 11.4. The van der Waals surface area contributed by atoms with Crippen molar-refractivity contribution in [3.8, 4) is 0 Å². The maximum Gasteiger partial charge on any atom is 0.209 e. The van der Waals surface area contributed by atoms with Crippen LogP contribution in [0.1, 0.15) is 24.9 Å². The van der Waals surface area contributed by atoms with Gasteiger partial charge >= 0.3 is 0 Å². The second-order valence-corrected chi connectivity index (χ2v) is 7.01. The molecule has 1 N–H and O–H groups in total. The minimum Gasteiger partial charge on any atom is -0.213 e. The third kappa shape index (κ3) is 3.44. The summed E-state index contributed by atoms with van der Waals surface area (Å²) in [5.41, 5.74) is 0.981. The summed E-state index contributed by atoms with van der Waals surface area (Å²) in [5, 5.41) is 0.663. The summed E-state index contributed by atoms with van der Waals surface area (Å²) in [4.78, 5) is 0. The SMILES string of the molecule is CC1CC1C(NS(C)(=O)=O)c1ccc(Cl)cc1. The molecule has 0 aromatic heterocycles. The highest BCUT2D eigenvalue weighted by atomic mass is 35.5. The average molecular weight is 274 g/mol. The zero-order chi connectivity index (χ0) is 12.6. The number of halogens is 1. The van der Waals surface area contributed by atoms with E-state index in [9.17, 15) is 8.42 Å². The lowest BCUT2D eigenvalue weighted by Crippen LogP contribution is -2.29. The molecule has 0 amide bonds. The Hall–Kier alpha value is -0.580. The summed E-state index contributed by atoms with van der Waals surface area (Å²) < 4.78 is 25.5. The summed E-state index contributed by atoms with van der Waals surface area (Å²) in [6.45, 7) is 2.14. The Bertz CT molecular complexity index is 498. The quantitative estimate of drug-likeness (QED) is 0.917. The van der Waals surface area contributed by atoms with Gasteiger partial charge in [-0.2, -0.15) is 0 Å². The molecule has 0 saturated heterocycles. The monoisotopic (exact) mass is 273 g/mol. The third-order valence-electron chi connectivity index (χ3n) is 3.17. The van der Waals surface area contributed by atoms with Crippen molar-refractivity contribution in [1.29, 1.82) is 0 Å². The average Bonchev–Trinajstić information content (AvgIpc) is 2.92. The predicted octanol–water partition coefficient (Wildman–Crippen LogP) is 2.59. The Morgan fingerprint density at radius 3 is 2.29 bits per heavy atom. The predicted molar refractivity (Wildman–Crippen MR) is 69.4 cm³/mol. The molecule has 2 rings (SSSR count). The van der Waals surface area contributed by atoms with Crippen LogP contribution in [0, 0.1) is 11.8 Å². The molecule has 0 bridgehead atoms. The van der Waals surface area contributed by atoms with Gasteiger partial charge in [-0.1, -0.05) is 30.7 Å². The molecule has 3 unspecified atom stereocenters. The van der Waals surface area contributed by atoms with Crippen LogP contribution in [0.25, 0.3) is 0 Å². The molecule has 1 aliphatic carbocycles. The van der Waals surface area contributed by atoms with Crippen molar-refractivity contribution in [2.24, 2.45) is 11.8 Å². The summed E-state index contributed by atoms with van der Waals surface area (Å²) >= 11 is 5.83. The molecule has 1 aliphatic rings. The van der Waals surface area contributed by atoms with Gasteiger partial charge in [0.2, 0.25) is 10.0 Å². The standard InChI is InChI=1S/C12H16ClNO2S/c1-8-7-11(8)12(14-17(2,15)16)9-3-5-10(13)6-4-9/h3-6,8,11-12,14H,7H2,1-2H3. The van der Waals surface area contributed by atoms with Crippen LogP contribution >= 0.6 is 11.6 Å². The molecule has 17 heavy (non-hydrogen) atoms. The molecule has 1 fully saturated rings. The lowest BCUT2D eigenvalue weighted by molar-refractivity contribution is 0.517. The van der Waals surface area contributed by atoms with Gasteiger partial charge in [0.15, 0.2) is 0 Å². The van der Waals surface area contributed by atoms with E-state index in [0.29, 0.717) is 16.9 Å². The van der Waals surface area contributed by atoms with Gasteiger partial charge in [-0.15, -0.1) is 0 Å². The summed E-state index contributed by atoms with van der Waals surface area (Å²) in [6.07, 6.45) is 2.26. The fourth-order valence-corrected chi connectivity index (χ4v) is 3.02. The molecule has 3 atom stereocenters. The summed E-state index contributed by atoms with van der Waals surface area (Å²) in [5.74, 6) is 0.968. The zero-order valence-corrected chi connectivity index (χ0v) is 11.4. The first-order valence-electron chi connectivity index (χ1n) is 5.59. The van der Waals surface area contributed by atoms with Crippen LogP contribution in [-0.2, 0) is 10.0 Å². The number of rotatable bonds is 4. The highest BCUT2D eigenvalue weighted by Gasteiger charge is 2.41. The van der Waals surface area contributed by atoms with Gasteiger partial charge in [0, 0.05) is 11.1 Å². The first-order chi connectivity index (χ1) is 7.87. The highest BCUT2D eigenvalue weighted by molar-refractivity contribution is 7.88. The topological polar surface area (TPSA) is 46.2 Å². The molecule has 1 saturated carbocycles. The Balaban J connectivity index is 2.24. The van der Waals surface area contributed by atoms with Crippen molar-refractivity contribution in [2.45, 2.75) is 19.4 Å². The third-order valence-corrected chi connectivity index (χ3v) is 4.10. The van der Waals surface area contributed by atoms with E-state index < -0.39 is 10.0 Å². The van der Waals surface area contributed by atoms with Gasteiger partial charge in [-0.3, -0.25) is 0 Å². The number of nitrogens with one attached hydrogen (secondary N) is 1. The number of sulfonamides is 1. The van der Waals surface area contributed by atoms with Crippen LogP contribution in [-0.4, -0.2) is 14.7 Å². The first-order valence-corrected chi connectivity index (χ1v) is 7.86. The lowest BCUT2D eigenvalue weighted by Gasteiger charge is -2.18. The molecular formula is C12H16ClNO2S. The fraction of sp³-hybridized carbons (Fsp3) is 0.500. The van der Waals surface area contributed by atoms with Gasteiger partial charge < -0.3 is 0 Å². The minimum atomic E-state index is -3.19. The van der Waals surface area contributed by atoms with E-state index in [1.807, 2.05) is 12.1 Å². The van der Waals surface area contributed by atoms with Crippen LogP contribution in [0.5, 0.6) is 0 Å². The molecule has 1 aromatic carbocycles. The van der Waals surface area contributed by atoms with Crippen molar-refractivity contribution in [1.82, 2.24) is 4.72 Å². The molecule has 1 aromatic rings.